The molecule has 0 heterocycles. The summed E-state index contributed by atoms with van der Waals surface area (Å²) in [4.78, 5) is 12.5. The van der Waals surface area contributed by atoms with Crippen LogP contribution in [0.2, 0.25) is 5.02 Å². The zero-order valence-electron chi connectivity index (χ0n) is 19.0. The molecule has 1 atom stereocenters. The zero-order valence-corrected chi connectivity index (χ0v) is 20.5. The minimum atomic E-state index is -3.53. The Labute approximate surface area is 190 Å². The quantitative estimate of drug-likeness (QED) is 0.581. The highest BCUT2D eigenvalue weighted by Gasteiger charge is 2.19. The molecular weight excluding hydrogens is 436 g/mol. The highest BCUT2D eigenvalue weighted by Crippen LogP contribution is 2.30. The van der Waals surface area contributed by atoms with Gasteiger partial charge < -0.3 is 10.1 Å². The van der Waals surface area contributed by atoms with Gasteiger partial charge in [0.05, 0.1) is 30.1 Å². The molecule has 170 valence electrons. The fourth-order valence-electron chi connectivity index (χ4n) is 3.52. The average molecular weight is 467 g/mol. The Balaban J connectivity index is 2.02. The lowest BCUT2D eigenvalue weighted by Crippen LogP contribution is -2.32. The number of nitrogens with one attached hydrogen (secondary N) is 1. The third-order valence-corrected chi connectivity index (χ3v) is 6.80. The molecule has 0 saturated heterocycles. The third-order valence-electron chi connectivity index (χ3n) is 5.32. The van der Waals surface area contributed by atoms with Crippen LogP contribution in [0.3, 0.4) is 0 Å². The minimum absolute atomic E-state index is 0.119. The topological polar surface area (TPSA) is 75.7 Å². The first-order valence-electron chi connectivity index (χ1n) is 10.1. The van der Waals surface area contributed by atoms with E-state index in [2.05, 4.69) is 31.3 Å². The smallest absolute Gasteiger partial charge is 0.232 e. The molecule has 0 aliphatic carbocycles. The van der Waals surface area contributed by atoms with Gasteiger partial charge in [0.15, 0.2) is 0 Å². The third kappa shape index (κ3) is 6.61. The Morgan fingerprint density at radius 3 is 2.35 bits per heavy atom. The van der Waals surface area contributed by atoms with Gasteiger partial charge in [0, 0.05) is 13.0 Å². The van der Waals surface area contributed by atoms with E-state index in [0.29, 0.717) is 22.9 Å². The second-order valence-corrected chi connectivity index (χ2v) is 10.2. The first kappa shape index (κ1) is 25.0. The van der Waals surface area contributed by atoms with Crippen molar-refractivity contribution in [3.8, 4) is 5.75 Å². The number of amides is 1. The van der Waals surface area contributed by atoms with Crippen molar-refractivity contribution in [2.24, 2.45) is 0 Å². The number of sulfonamides is 1. The molecule has 0 unspecified atom stereocenters. The summed E-state index contributed by atoms with van der Waals surface area (Å²) in [6.07, 6.45) is 1.72. The van der Waals surface area contributed by atoms with Crippen LogP contribution in [0.1, 0.15) is 48.1 Å². The molecule has 0 spiro atoms. The lowest BCUT2D eigenvalue weighted by Gasteiger charge is -2.23. The van der Waals surface area contributed by atoms with E-state index in [1.807, 2.05) is 13.8 Å². The first-order chi connectivity index (χ1) is 14.4. The Kier molecular flexibility index (Phi) is 8.37. The van der Waals surface area contributed by atoms with Crippen molar-refractivity contribution in [2.75, 3.05) is 24.2 Å². The van der Waals surface area contributed by atoms with Crippen LogP contribution in [0.5, 0.6) is 5.75 Å². The van der Waals surface area contributed by atoms with Crippen LogP contribution in [0.25, 0.3) is 0 Å². The van der Waals surface area contributed by atoms with Crippen LogP contribution >= 0.6 is 11.6 Å². The molecule has 0 aliphatic heterocycles. The number of aryl methyl sites for hydroxylation is 3. The summed E-state index contributed by atoms with van der Waals surface area (Å²) in [5.41, 5.74) is 5.06. The number of nitrogens with zero attached hydrogens (tertiary/aromatic N) is 1. The molecule has 31 heavy (non-hydrogen) atoms. The summed E-state index contributed by atoms with van der Waals surface area (Å²) in [6, 6.07) is 8.91. The summed E-state index contributed by atoms with van der Waals surface area (Å²) in [7, 11) is -2.04. The van der Waals surface area contributed by atoms with E-state index in [4.69, 9.17) is 16.3 Å². The van der Waals surface area contributed by atoms with Crippen molar-refractivity contribution in [3.63, 3.8) is 0 Å². The maximum atomic E-state index is 12.5. The number of halogens is 1. The Morgan fingerprint density at radius 2 is 1.77 bits per heavy atom. The van der Waals surface area contributed by atoms with Crippen LogP contribution in [-0.4, -0.2) is 34.2 Å². The summed E-state index contributed by atoms with van der Waals surface area (Å²) in [6.45, 7) is 8.29. The Morgan fingerprint density at radius 1 is 1.13 bits per heavy atom. The normalized spacial score (nSPS) is 12.4. The van der Waals surface area contributed by atoms with E-state index in [9.17, 15) is 13.2 Å². The number of ether oxygens (including phenoxy) is 1. The lowest BCUT2D eigenvalue weighted by atomic mass is 9.96. The van der Waals surface area contributed by atoms with E-state index in [0.717, 1.165) is 17.4 Å². The van der Waals surface area contributed by atoms with Gasteiger partial charge in [-0.2, -0.15) is 0 Å². The number of methoxy groups -OCH3 is 1. The molecule has 2 rings (SSSR count). The predicted molar refractivity (Wildman–Crippen MR) is 127 cm³/mol. The second-order valence-electron chi connectivity index (χ2n) is 7.84. The highest BCUT2D eigenvalue weighted by atomic mass is 35.5. The number of anilines is 1. The van der Waals surface area contributed by atoms with Gasteiger partial charge in [-0.25, -0.2) is 8.42 Å². The van der Waals surface area contributed by atoms with Gasteiger partial charge in [-0.05, 0) is 74.6 Å². The zero-order chi connectivity index (χ0) is 23.3. The summed E-state index contributed by atoms with van der Waals surface area (Å²) < 4.78 is 30.9. The van der Waals surface area contributed by atoms with Gasteiger partial charge in [0.2, 0.25) is 15.9 Å². The predicted octanol–water partition coefficient (Wildman–Crippen LogP) is 4.70. The van der Waals surface area contributed by atoms with Gasteiger partial charge in [-0.3, -0.25) is 9.10 Å². The van der Waals surface area contributed by atoms with Gasteiger partial charge in [0.1, 0.15) is 5.75 Å². The van der Waals surface area contributed by atoms with Gasteiger partial charge in [-0.1, -0.05) is 23.7 Å². The molecule has 1 amide bonds. The summed E-state index contributed by atoms with van der Waals surface area (Å²) >= 11 is 6.15. The number of rotatable bonds is 9. The van der Waals surface area contributed by atoms with Crippen LogP contribution in [0.15, 0.2) is 30.3 Å². The van der Waals surface area contributed by atoms with Crippen molar-refractivity contribution in [3.05, 3.63) is 57.6 Å². The fourth-order valence-corrected chi connectivity index (χ4v) is 4.73. The van der Waals surface area contributed by atoms with Crippen molar-refractivity contribution in [2.45, 2.75) is 46.6 Å². The molecule has 0 aliphatic rings. The molecule has 8 heteroatoms. The maximum absolute atomic E-state index is 12.5. The largest absolute Gasteiger partial charge is 0.495 e. The number of carbonyl (C=O) groups excluding carboxylic acids is 1. The van der Waals surface area contributed by atoms with Gasteiger partial charge >= 0.3 is 0 Å². The van der Waals surface area contributed by atoms with E-state index >= 15 is 0 Å². The van der Waals surface area contributed by atoms with Gasteiger partial charge in [0.25, 0.3) is 0 Å². The molecule has 6 nitrogen and oxygen atoms in total. The standard InChI is InChI=1S/C23H31ClN2O4S/c1-15-12-17(3)20(13-16(15)2)18(4)25-23(27)8-7-11-26(31(6,28)29)19-9-10-22(30-5)21(24)14-19/h9-10,12-14,18H,7-8,11H2,1-6H3,(H,25,27)/t18-/m1/s1. The molecule has 0 saturated carbocycles. The molecule has 1 N–H and O–H groups in total. The molecular formula is C23H31ClN2O4S. The number of carbonyl (C=O) groups is 1. The lowest BCUT2D eigenvalue weighted by molar-refractivity contribution is -0.121. The molecule has 0 fully saturated rings. The molecule has 0 bridgehead atoms. The highest BCUT2D eigenvalue weighted by molar-refractivity contribution is 7.92. The molecule has 0 aromatic heterocycles. The molecule has 0 radical (unpaired) electrons. The molecule has 2 aromatic carbocycles. The second kappa shape index (κ2) is 10.4. The summed E-state index contributed by atoms with van der Waals surface area (Å²) in [5.74, 6) is 0.347. The van der Waals surface area contributed by atoms with Crippen molar-refractivity contribution in [1.29, 1.82) is 0 Å². The van der Waals surface area contributed by atoms with Crippen molar-refractivity contribution >= 4 is 33.2 Å². The Hall–Kier alpha value is -2.25. The number of benzene rings is 2. The Bertz CT molecular complexity index is 1050. The number of hydrogen-bond donors (Lipinski definition) is 1. The van der Waals surface area contributed by atoms with E-state index in [-0.39, 0.29) is 24.9 Å². The van der Waals surface area contributed by atoms with Crippen molar-refractivity contribution < 1.29 is 17.9 Å². The van der Waals surface area contributed by atoms with Crippen LogP contribution in [-0.2, 0) is 14.8 Å². The van der Waals surface area contributed by atoms with E-state index in [1.54, 1.807) is 18.2 Å². The van der Waals surface area contributed by atoms with E-state index < -0.39 is 10.0 Å². The first-order valence-corrected chi connectivity index (χ1v) is 12.3. The number of hydrogen-bond acceptors (Lipinski definition) is 4. The van der Waals surface area contributed by atoms with Crippen LogP contribution in [0.4, 0.5) is 5.69 Å². The van der Waals surface area contributed by atoms with Crippen LogP contribution < -0.4 is 14.4 Å². The SMILES string of the molecule is COc1ccc(N(CCCC(=O)N[C@H](C)c2cc(C)c(C)cc2C)S(C)(=O)=O)cc1Cl. The van der Waals surface area contributed by atoms with Crippen LogP contribution in [0, 0.1) is 20.8 Å². The van der Waals surface area contributed by atoms with E-state index in [1.165, 1.54) is 22.5 Å². The monoisotopic (exact) mass is 466 g/mol. The average Bonchev–Trinajstić information content (AvgIpc) is 2.67. The minimum Gasteiger partial charge on any atom is -0.495 e. The summed E-state index contributed by atoms with van der Waals surface area (Å²) in [5, 5.41) is 3.34. The molecule has 2 aromatic rings. The maximum Gasteiger partial charge on any atom is 0.232 e. The van der Waals surface area contributed by atoms with Gasteiger partial charge in [-0.15, -0.1) is 0 Å². The fraction of sp³-hybridized carbons (Fsp3) is 0.435. The van der Waals surface area contributed by atoms with Crippen molar-refractivity contribution in [1.82, 2.24) is 5.32 Å².